The Balaban J connectivity index is 2.14. The van der Waals surface area contributed by atoms with Gasteiger partial charge in [0.05, 0.1) is 0 Å². The fourth-order valence-corrected chi connectivity index (χ4v) is 2.24. The van der Waals surface area contributed by atoms with Crippen LogP contribution < -0.4 is 5.32 Å². The maximum Gasteiger partial charge on any atom is 0.0115 e. The first-order valence-corrected chi connectivity index (χ1v) is 6.61. The number of allylic oxidation sites excluding steroid dienone is 1. The maximum absolute atomic E-state index is 4.09. The zero-order valence-corrected chi connectivity index (χ0v) is 11.2. The summed E-state index contributed by atoms with van der Waals surface area (Å²) >= 11 is 0. The second-order valence-electron chi connectivity index (χ2n) is 4.84. The number of benzene rings is 2. The molecule has 2 aromatic carbocycles. The second kappa shape index (κ2) is 5.72. The summed E-state index contributed by atoms with van der Waals surface area (Å²) in [6.45, 7) is 9.36. The van der Waals surface area contributed by atoms with Crippen LogP contribution in [0.2, 0.25) is 0 Å². The third-order valence-electron chi connectivity index (χ3n) is 3.35. The molecule has 0 saturated carbocycles. The predicted molar refractivity (Wildman–Crippen MR) is 79.6 cm³/mol. The molecular formula is C17H21N. The lowest BCUT2D eigenvalue weighted by atomic mass is 9.96. The lowest BCUT2D eigenvalue weighted by Crippen LogP contribution is -2.18. The number of hydrogen-bond acceptors (Lipinski definition) is 1. The standard InChI is InChI=1S/C17H21N/c1-4-18-14(3)13(2)11-15-9-10-16-7-5-6-8-17(16)12-15/h5-10,12-13,18H,3-4,11H2,1-2H3/t13-/m1/s1. The molecule has 1 atom stereocenters. The van der Waals surface area contributed by atoms with E-state index in [9.17, 15) is 0 Å². The molecule has 0 bridgehead atoms. The highest BCUT2D eigenvalue weighted by Crippen LogP contribution is 2.19. The van der Waals surface area contributed by atoms with Gasteiger partial charge in [0.1, 0.15) is 0 Å². The molecule has 0 saturated heterocycles. The second-order valence-corrected chi connectivity index (χ2v) is 4.84. The van der Waals surface area contributed by atoms with Gasteiger partial charge in [0, 0.05) is 12.2 Å². The SMILES string of the molecule is C=C(NCC)[C@H](C)Cc1ccc2ccccc2c1. The highest BCUT2D eigenvalue weighted by Gasteiger charge is 2.07. The van der Waals surface area contributed by atoms with Crippen LogP contribution in [-0.4, -0.2) is 6.54 Å². The molecule has 18 heavy (non-hydrogen) atoms. The average molecular weight is 239 g/mol. The summed E-state index contributed by atoms with van der Waals surface area (Å²) in [5.74, 6) is 0.464. The molecule has 0 aliphatic rings. The lowest BCUT2D eigenvalue weighted by molar-refractivity contribution is 0.614. The molecule has 94 valence electrons. The van der Waals surface area contributed by atoms with Crippen LogP contribution in [0.3, 0.4) is 0 Å². The number of fused-ring (bicyclic) bond motifs is 1. The summed E-state index contributed by atoms with van der Waals surface area (Å²) < 4.78 is 0. The molecule has 0 spiro atoms. The third-order valence-corrected chi connectivity index (χ3v) is 3.35. The highest BCUT2D eigenvalue weighted by molar-refractivity contribution is 5.82. The fourth-order valence-electron chi connectivity index (χ4n) is 2.24. The molecule has 2 aromatic rings. The maximum atomic E-state index is 4.09. The van der Waals surface area contributed by atoms with E-state index in [0.717, 1.165) is 18.7 Å². The van der Waals surface area contributed by atoms with Crippen LogP contribution >= 0.6 is 0 Å². The number of hydrogen-bond donors (Lipinski definition) is 1. The predicted octanol–water partition coefficient (Wildman–Crippen LogP) is 4.14. The van der Waals surface area contributed by atoms with Gasteiger partial charge in [-0.3, -0.25) is 0 Å². The Labute approximate surface area is 110 Å². The van der Waals surface area contributed by atoms with E-state index in [1.807, 2.05) is 0 Å². The van der Waals surface area contributed by atoms with Gasteiger partial charge in [-0.05, 0) is 35.6 Å². The van der Waals surface area contributed by atoms with E-state index in [2.05, 4.69) is 68.2 Å². The summed E-state index contributed by atoms with van der Waals surface area (Å²) in [6.07, 6.45) is 1.04. The Bertz CT molecular complexity index is 542. The molecule has 1 heteroatoms. The van der Waals surface area contributed by atoms with E-state index in [4.69, 9.17) is 0 Å². The van der Waals surface area contributed by atoms with Crippen molar-refractivity contribution in [1.29, 1.82) is 0 Å². The minimum absolute atomic E-state index is 0.464. The quantitative estimate of drug-likeness (QED) is 0.826. The van der Waals surface area contributed by atoms with Crippen molar-refractivity contribution in [3.05, 3.63) is 60.3 Å². The first kappa shape index (κ1) is 12.7. The fraction of sp³-hybridized carbons (Fsp3) is 0.294. The highest BCUT2D eigenvalue weighted by atomic mass is 14.9. The molecule has 0 unspecified atom stereocenters. The van der Waals surface area contributed by atoms with Crippen molar-refractivity contribution in [2.45, 2.75) is 20.3 Å². The van der Waals surface area contributed by atoms with Crippen LogP contribution in [0.15, 0.2) is 54.7 Å². The van der Waals surface area contributed by atoms with E-state index in [0.29, 0.717) is 5.92 Å². The Kier molecular flexibility index (Phi) is 4.03. The molecule has 2 rings (SSSR count). The Morgan fingerprint density at radius 3 is 2.61 bits per heavy atom. The van der Waals surface area contributed by atoms with Crippen LogP contribution in [0, 0.1) is 5.92 Å². The first-order valence-electron chi connectivity index (χ1n) is 6.61. The minimum Gasteiger partial charge on any atom is -0.389 e. The molecule has 0 aromatic heterocycles. The summed E-state index contributed by atoms with van der Waals surface area (Å²) in [6, 6.07) is 15.2. The van der Waals surface area contributed by atoms with Gasteiger partial charge in [0.25, 0.3) is 0 Å². The van der Waals surface area contributed by atoms with Crippen molar-refractivity contribution < 1.29 is 0 Å². The summed E-state index contributed by atoms with van der Waals surface area (Å²) in [7, 11) is 0. The molecule has 0 radical (unpaired) electrons. The molecular weight excluding hydrogens is 218 g/mol. The summed E-state index contributed by atoms with van der Waals surface area (Å²) in [5.41, 5.74) is 2.51. The monoisotopic (exact) mass is 239 g/mol. The molecule has 0 heterocycles. The molecule has 0 amide bonds. The third kappa shape index (κ3) is 2.92. The minimum atomic E-state index is 0.464. The van der Waals surface area contributed by atoms with Gasteiger partial charge in [-0.25, -0.2) is 0 Å². The van der Waals surface area contributed by atoms with Gasteiger partial charge in [0.2, 0.25) is 0 Å². The van der Waals surface area contributed by atoms with Crippen LogP contribution in [0.5, 0.6) is 0 Å². The molecule has 1 N–H and O–H groups in total. The van der Waals surface area contributed by atoms with Gasteiger partial charge < -0.3 is 5.32 Å². The summed E-state index contributed by atoms with van der Waals surface area (Å²) in [5, 5.41) is 5.93. The molecule has 1 nitrogen and oxygen atoms in total. The lowest BCUT2D eigenvalue weighted by Gasteiger charge is -2.16. The Hall–Kier alpha value is -1.76. The first-order chi connectivity index (χ1) is 8.70. The largest absolute Gasteiger partial charge is 0.389 e. The Morgan fingerprint density at radius 1 is 1.17 bits per heavy atom. The van der Waals surface area contributed by atoms with E-state index < -0.39 is 0 Å². The summed E-state index contributed by atoms with van der Waals surface area (Å²) in [4.78, 5) is 0. The van der Waals surface area contributed by atoms with Crippen molar-refractivity contribution >= 4 is 10.8 Å². The van der Waals surface area contributed by atoms with Gasteiger partial charge in [-0.15, -0.1) is 0 Å². The van der Waals surface area contributed by atoms with Gasteiger partial charge in [-0.2, -0.15) is 0 Å². The Morgan fingerprint density at radius 2 is 1.89 bits per heavy atom. The van der Waals surface area contributed by atoms with Crippen LogP contribution in [0.1, 0.15) is 19.4 Å². The topological polar surface area (TPSA) is 12.0 Å². The molecule has 0 fully saturated rings. The van der Waals surface area contributed by atoms with Crippen molar-refractivity contribution in [2.24, 2.45) is 5.92 Å². The van der Waals surface area contributed by atoms with E-state index in [-0.39, 0.29) is 0 Å². The van der Waals surface area contributed by atoms with Crippen LogP contribution in [0.4, 0.5) is 0 Å². The van der Waals surface area contributed by atoms with Crippen molar-refractivity contribution in [3.8, 4) is 0 Å². The van der Waals surface area contributed by atoms with E-state index >= 15 is 0 Å². The van der Waals surface area contributed by atoms with Crippen LogP contribution in [-0.2, 0) is 6.42 Å². The van der Waals surface area contributed by atoms with Gasteiger partial charge in [0.15, 0.2) is 0 Å². The van der Waals surface area contributed by atoms with Crippen molar-refractivity contribution in [2.75, 3.05) is 6.54 Å². The zero-order valence-electron chi connectivity index (χ0n) is 11.2. The molecule has 0 aliphatic heterocycles. The number of rotatable bonds is 5. The average Bonchev–Trinajstić information content (AvgIpc) is 2.39. The van der Waals surface area contributed by atoms with Gasteiger partial charge in [-0.1, -0.05) is 56.0 Å². The van der Waals surface area contributed by atoms with Gasteiger partial charge >= 0.3 is 0 Å². The normalized spacial score (nSPS) is 12.3. The number of nitrogens with one attached hydrogen (secondary N) is 1. The van der Waals surface area contributed by atoms with E-state index in [1.54, 1.807) is 0 Å². The van der Waals surface area contributed by atoms with Crippen molar-refractivity contribution in [3.63, 3.8) is 0 Å². The van der Waals surface area contributed by atoms with E-state index in [1.165, 1.54) is 16.3 Å². The van der Waals surface area contributed by atoms with Crippen LogP contribution in [0.25, 0.3) is 10.8 Å². The zero-order chi connectivity index (χ0) is 13.0. The smallest absolute Gasteiger partial charge is 0.0115 e. The van der Waals surface area contributed by atoms with Crippen molar-refractivity contribution in [1.82, 2.24) is 5.32 Å². The molecule has 0 aliphatic carbocycles.